The summed E-state index contributed by atoms with van der Waals surface area (Å²) >= 11 is 0. The van der Waals surface area contributed by atoms with Gasteiger partial charge in [-0.15, -0.1) is 0 Å². The fraction of sp³-hybridized carbons (Fsp3) is 0.611. The Balaban J connectivity index is 1.77. The molecular formula is C18H25N3O. The standard InChI is InChI=1S/C18H25N3O/c1-12(2)13-9-10-14(18(13,3)4)17(22)11-21-19-15-7-5-6-8-16(15)20-21/h5-8,12-14H,9-11H2,1-4H3. The molecule has 2 unspecified atom stereocenters. The second-order valence-corrected chi connectivity index (χ2v) is 7.49. The molecule has 0 saturated heterocycles. The van der Waals surface area contributed by atoms with Crippen molar-refractivity contribution in [2.75, 3.05) is 0 Å². The molecule has 0 amide bonds. The van der Waals surface area contributed by atoms with Crippen molar-refractivity contribution in [3.63, 3.8) is 0 Å². The van der Waals surface area contributed by atoms with E-state index >= 15 is 0 Å². The van der Waals surface area contributed by atoms with Crippen molar-refractivity contribution in [1.82, 2.24) is 15.0 Å². The van der Waals surface area contributed by atoms with Crippen molar-refractivity contribution in [2.24, 2.45) is 23.2 Å². The lowest BCUT2D eigenvalue weighted by molar-refractivity contribution is -0.127. The lowest BCUT2D eigenvalue weighted by Crippen LogP contribution is -2.34. The Hall–Kier alpha value is -1.71. The number of aromatic nitrogens is 3. The highest BCUT2D eigenvalue weighted by atomic mass is 16.1. The lowest BCUT2D eigenvalue weighted by Gasteiger charge is -2.34. The van der Waals surface area contributed by atoms with Gasteiger partial charge < -0.3 is 0 Å². The number of nitrogens with zero attached hydrogens (tertiary/aromatic N) is 3. The molecule has 1 fully saturated rings. The molecule has 3 rings (SSSR count). The second kappa shape index (κ2) is 5.49. The smallest absolute Gasteiger partial charge is 0.159 e. The van der Waals surface area contributed by atoms with E-state index in [9.17, 15) is 4.79 Å². The van der Waals surface area contributed by atoms with E-state index in [2.05, 4.69) is 37.9 Å². The maximum Gasteiger partial charge on any atom is 0.159 e. The Kier molecular flexibility index (Phi) is 3.79. The zero-order valence-corrected chi connectivity index (χ0v) is 13.9. The zero-order chi connectivity index (χ0) is 15.9. The van der Waals surface area contributed by atoms with Gasteiger partial charge in [0.1, 0.15) is 17.6 Å². The third-order valence-electron chi connectivity index (χ3n) is 5.44. The number of carbonyl (C=O) groups is 1. The van der Waals surface area contributed by atoms with Crippen LogP contribution in [0.1, 0.15) is 40.5 Å². The number of Topliss-reactive ketones (excluding diaryl/α,β-unsaturated/α-hetero) is 1. The maximum absolute atomic E-state index is 12.8. The van der Waals surface area contributed by atoms with Gasteiger partial charge in [0.05, 0.1) is 0 Å². The Bertz CT molecular complexity index is 653. The van der Waals surface area contributed by atoms with Crippen LogP contribution < -0.4 is 0 Å². The van der Waals surface area contributed by atoms with Crippen molar-refractivity contribution >= 4 is 16.8 Å². The molecule has 0 bridgehead atoms. The molecule has 1 aromatic carbocycles. The Morgan fingerprint density at radius 2 is 1.82 bits per heavy atom. The molecule has 4 nitrogen and oxygen atoms in total. The van der Waals surface area contributed by atoms with Gasteiger partial charge in [-0.05, 0) is 42.2 Å². The zero-order valence-electron chi connectivity index (χ0n) is 13.9. The first kappa shape index (κ1) is 15.2. The van der Waals surface area contributed by atoms with Gasteiger partial charge in [0.2, 0.25) is 0 Å². The normalized spacial score (nSPS) is 24.2. The van der Waals surface area contributed by atoms with Crippen LogP contribution in [-0.2, 0) is 11.3 Å². The molecule has 2 aromatic rings. The predicted molar refractivity (Wildman–Crippen MR) is 87.4 cm³/mol. The van der Waals surface area contributed by atoms with Crippen molar-refractivity contribution in [3.05, 3.63) is 24.3 Å². The summed E-state index contributed by atoms with van der Waals surface area (Å²) in [5.74, 6) is 1.63. The van der Waals surface area contributed by atoms with Gasteiger partial charge in [-0.2, -0.15) is 15.0 Å². The van der Waals surface area contributed by atoms with E-state index in [-0.39, 0.29) is 23.7 Å². The number of hydrogen-bond donors (Lipinski definition) is 0. The van der Waals surface area contributed by atoms with E-state index in [1.54, 1.807) is 4.80 Å². The third-order valence-corrected chi connectivity index (χ3v) is 5.44. The van der Waals surface area contributed by atoms with Gasteiger partial charge in [0, 0.05) is 5.92 Å². The summed E-state index contributed by atoms with van der Waals surface area (Å²) in [6.07, 6.45) is 2.14. The molecule has 1 saturated carbocycles. The summed E-state index contributed by atoms with van der Waals surface area (Å²) in [5, 5.41) is 8.82. The molecule has 1 aromatic heterocycles. The SMILES string of the molecule is CC(C)C1CCC(C(=O)Cn2nc3ccccc3n2)C1(C)C. The summed E-state index contributed by atoms with van der Waals surface area (Å²) in [6, 6.07) is 7.74. The van der Waals surface area contributed by atoms with Crippen LogP contribution in [0.4, 0.5) is 0 Å². The molecule has 0 aliphatic heterocycles. The average molecular weight is 299 g/mol. The quantitative estimate of drug-likeness (QED) is 0.864. The minimum Gasteiger partial charge on any atom is -0.297 e. The molecule has 118 valence electrons. The Morgan fingerprint density at radius 3 is 2.32 bits per heavy atom. The molecule has 0 radical (unpaired) electrons. The van der Waals surface area contributed by atoms with Crippen molar-refractivity contribution < 1.29 is 4.79 Å². The van der Waals surface area contributed by atoms with E-state index < -0.39 is 0 Å². The van der Waals surface area contributed by atoms with Gasteiger partial charge in [0.15, 0.2) is 5.78 Å². The van der Waals surface area contributed by atoms with Crippen LogP contribution in [0.2, 0.25) is 0 Å². The summed E-state index contributed by atoms with van der Waals surface area (Å²) in [6.45, 7) is 9.32. The Labute approximate surface area is 131 Å². The molecule has 2 atom stereocenters. The minimum absolute atomic E-state index is 0.0673. The van der Waals surface area contributed by atoms with Crippen LogP contribution in [0.15, 0.2) is 24.3 Å². The van der Waals surface area contributed by atoms with Crippen molar-refractivity contribution in [2.45, 2.75) is 47.1 Å². The fourth-order valence-electron chi connectivity index (χ4n) is 4.34. The first-order valence-electron chi connectivity index (χ1n) is 8.22. The molecule has 4 heteroatoms. The van der Waals surface area contributed by atoms with Crippen molar-refractivity contribution in [1.29, 1.82) is 0 Å². The second-order valence-electron chi connectivity index (χ2n) is 7.49. The van der Waals surface area contributed by atoms with Gasteiger partial charge in [-0.1, -0.05) is 39.8 Å². The highest BCUT2D eigenvalue weighted by molar-refractivity contribution is 5.82. The fourth-order valence-corrected chi connectivity index (χ4v) is 4.34. The predicted octanol–water partition coefficient (Wildman–Crippen LogP) is 3.71. The van der Waals surface area contributed by atoms with E-state index in [0.717, 1.165) is 23.9 Å². The third kappa shape index (κ3) is 2.55. The number of benzene rings is 1. The monoisotopic (exact) mass is 299 g/mol. The van der Waals surface area contributed by atoms with Crippen LogP contribution >= 0.6 is 0 Å². The Morgan fingerprint density at radius 1 is 1.23 bits per heavy atom. The molecule has 1 aliphatic carbocycles. The van der Waals surface area contributed by atoms with Crippen LogP contribution in [0, 0.1) is 23.2 Å². The summed E-state index contributed by atoms with van der Waals surface area (Å²) in [5.41, 5.74) is 1.76. The molecule has 22 heavy (non-hydrogen) atoms. The van der Waals surface area contributed by atoms with Crippen LogP contribution in [-0.4, -0.2) is 20.8 Å². The lowest BCUT2D eigenvalue weighted by atomic mass is 9.70. The van der Waals surface area contributed by atoms with Crippen LogP contribution in [0.3, 0.4) is 0 Å². The van der Waals surface area contributed by atoms with Crippen LogP contribution in [0.25, 0.3) is 11.0 Å². The number of hydrogen-bond acceptors (Lipinski definition) is 3. The molecule has 0 N–H and O–H groups in total. The molecular weight excluding hydrogens is 274 g/mol. The first-order valence-corrected chi connectivity index (χ1v) is 8.22. The van der Waals surface area contributed by atoms with E-state index in [4.69, 9.17) is 0 Å². The molecule has 0 spiro atoms. The average Bonchev–Trinajstić information content (AvgIpc) is 2.97. The maximum atomic E-state index is 12.8. The highest BCUT2D eigenvalue weighted by Gasteiger charge is 2.47. The van der Waals surface area contributed by atoms with Gasteiger partial charge in [-0.3, -0.25) is 4.79 Å². The van der Waals surface area contributed by atoms with E-state index in [1.807, 2.05) is 24.3 Å². The summed E-state index contributed by atoms with van der Waals surface area (Å²) < 4.78 is 0. The van der Waals surface area contributed by atoms with E-state index in [0.29, 0.717) is 11.8 Å². The van der Waals surface area contributed by atoms with E-state index in [1.165, 1.54) is 0 Å². The van der Waals surface area contributed by atoms with Crippen molar-refractivity contribution in [3.8, 4) is 0 Å². The van der Waals surface area contributed by atoms with Gasteiger partial charge in [-0.25, -0.2) is 0 Å². The summed E-state index contributed by atoms with van der Waals surface area (Å²) in [7, 11) is 0. The number of fused-ring (bicyclic) bond motifs is 1. The number of carbonyl (C=O) groups excluding carboxylic acids is 1. The molecule has 1 aliphatic rings. The van der Waals surface area contributed by atoms with Gasteiger partial charge >= 0.3 is 0 Å². The highest BCUT2D eigenvalue weighted by Crippen LogP contribution is 2.50. The minimum atomic E-state index is 0.0673. The van der Waals surface area contributed by atoms with Crippen LogP contribution in [0.5, 0.6) is 0 Å². The largest absolute Gasteiger partial charge is 0.297 e. The first-order chi connectivity index (χ1) is 10.4. The topological polar surface area (TPSA) is 47.8 Å². The van der Waals surface area contributed by atoms with Gasteiger partial charge in [0.25, 0.3) is 0 Å². The number of rotatable bonds is 4. The number of ketones is 1. The summed E-state index contributed by atoms with van der Waals surface area (Å²) in [4.78, 5) is 14.3. The molecule has 1 heterocycles.